The topological polar surface area (TPSA) is 38.9 Å². The summed E-state index contributed by atoms with van der Waals surface area (Å²) >= 11 is 11.2. The molecule has 54 valence electrons. The van der Waals surface area contributed by atoms with Gasteiger partial charge in [-0.3, -0.25) is 0 Å². The quantitative estimate of drug-likeness (QED) is 0.664. The fourth-order valence-corrected chi connectivity index (χ4v) is 0.845. The lowest BCUT2D eigenvalue weighted by molar-refractivity contribution is 0.991. The average molecular weight is 177 g/mol. The zero-order chi connectivity index (χ0) is 7.56. The molecule has 0 atom stereocenters. The molecule has 2 N–H and O–H groups in total. The Balaban J connectivity index is 3.04. The fraction of sp³-hybridized carbons (Fsp3) is 0.167. The number of aromatic nitrogens is 1. The molecule has 0 aliphatic heterocycles. The Labute approximate surface area is 69.0 Å². The van der Waals surface area contributed by atoms with E-state index in [0.717, 1.165) is 5.69 Å². The van der Waals surface area contributed by atoms with Gasteiger partial charge in [0, 0.05) is 6.54 Å². The van der Waals surface area contributed by atoms with Crippen LogP contribution in [0.1, 0.15) is 5.69 Å². The van der Waals surface area contributed by atoms with Gasteiger partial charge < -0.3 is 5.73 Å². The minimum Gasteiger partial charge on any atom is -0.325 e. The highest BCUT2D eigenvalue weighted by Crippen LogP contribution is 2.18. The van der Waals surface area contributed by atoms with E-state index in [1.54, 1.807) is 12.1 Å². The maximum Gasteiger partial charge on any atom is 0.147 e. The predicted molar refractivity (Wildman–Crippen MR) is 42.1 cm³/mol. The third-order valence-electron chi connectivity index (χ3n) is 1.07. The second kappa shape index (κ2) is 3.19. The molecule has 0 saturated heterocycles. The Morgan fingerprint density at radius 3 is 2.60 bits per heavy atom. The molecule has 10 heavy (non-hydrogen) atoms. The van der Waals surface area contributed by atoms with Crippen molar-refractivity contribution in [3.8, 4) is 0 Å². The molecular weight excluding hydrogens is 171 g/mol. The normalized spacial score (nSPS) is 9.90. The molecule has 0 aromatic carbocycles. The molecule has 0 fully saturated rings. The van der Waals surface area contributed by atoms with Crippen LogP contribution in [0.25, 0.3) is 0 Å². The fourth-order valence-electron chi connectivity index (χ4n) is 0.569. The Bertz CT molecular complexity index is 237. The van der Waals surface area contributed by atoms with E-state index >= 15 is 0 Å². The number of hydrogen-bond acceptors (Lipinski definition) is 2. The molecule has 1 aromatic rings. The van der Waals surface area contributed by atoms with Crippen molar-refractivity contribution in [3.05, 3.63) is 28.0 Å². The molecule has 0 spiro atoms. The lowest BCUT2D eigenvalue weighted by Crippen LogP contribution is -1.98. The van der Waals surface area contributed by atoms with E-state index in [0.29, 0.717) is 16.7 Å². The molecule has 0 bridgehead atoms. The third-order valence-corrected chi connectivity index (χ3v) is 1.76. The lowest BCUT2D eigenvalue weighted by atomic mass is 10.3. The number of nitrogens with two attached hydrogens (primary N) is 1. The number of rotatable bonds is 1. The van der Waals surface area contributed by atoms with E-state index in [1.807, 2.05) is 0 Å². The molecule has 2 nitrogen and oxygen atoms in total. The Morgan fingerprint density at radius 1 is 1.40 bits per heavy atom. The van der Waals surface area contributed by atoms with Gasteiger partial charge in [0.05, 0.1) is 10.7 Å². The van der Waals surface area contributed by atoms with E-state index in [4.69, 9.17) is 28.9 Å². The highest BCUT2D eigenvalue weighted by molar-refractivity contribution is 6.41. The van der Waals surface area contributed by atoms with Gasteiger partial charge in [0.1, 0.15) is 5.15 Å². The van der Waals surface area contributed by atoms with Crippen molar-refractivity contribution < 1.29 is 0 Å². The summed E-state index contributed by atoms with van der Waals surface area (Å²) < 4.78 is 0. The first-order chi connectivity index (χ1) is 4.74. The van der Waals surface area contributed by atoms with E-state index in [9.17, 15) is 0 Å². The standard InChI is InChI=1S/C6H6Cl2N2/c7-5-2-1-4(3-9)10-6(5)8/h1-2H,3,9H2. The molecule has 0 radical (unpaired) electrons. The Morgan fingerprint density at radius 2 is 2.10 bits per heavy atom. The van der Waals surface area contributed by atoms with Crippen molar-refractivity contribution in [1.82, 2.24) is 4.98 Å². The Hall–Kier alpha value is -0.310. The highest BCUT2D eigenvalue weighted by Gasteiger charge is 1.97. The van der Waals surface area contributed by atoms with Crippen molar-refractivity contribution in [2.75, 3.05) is 0 Å². The van der Waals surface area contributed by atoms with Gasteiger partial charge in [-0.1, -0.05) is 23.2 Å². The van der Waals surface area contributed by atoms with Gasteiger partial charge in [0.25, 0.3) is 0 Å². The summed E-state index contributed by atoms with van der Waals surface area (Å²) in [6.45, 7) is 0.386. The van der Waals surface area contributed by atoms with Crippen LogP contribution in [-0.4, -0.2) is 4.98 Å². The smallest absolute Gasteiger partial charge is 0.147 e. The van der Waals surface area contributed by atoms with Crippen LogP contribution in [0, 0.1) is 0 Å². The van der Waals surface area contributed by atoms with Gasteiger partial charge in [0.2, 0.25) is 0 Å². The predicted octanol–water partition coefficient (Wildman–Crippen LogP) is 1.85. The second-order valence-electron chi connectivity index (χ2n) is 1.78. The molecule has 1 rings (SSSR count). The summed E-state index contributed by atoms with van der Waals surface area (Å²) in [4.78, 5) is 3.90. The zero-order valence-corrected chi connectivity index (χ0v) is 6.65. The van der Waals surface area contributed by atoms with Gasteiger partial charge in [0.15, 0.2) is 0 Å². The van der Waals surface area contributed by atoms with E-state index in [1.165, 1.54) is 0 Å². The summed E-state index contributed by atoms with van der Waals surface area (Å²) in [7, 11) is 0. The monoisotopic (exact) mass is 176 g/mol. The van der Waals surface area contributed by atoms with Crippen LogP contribution in [0.5, 0.6) is 0 Å². The van der Waals surface area contributed by atoms with Gasteiger partial charge in [-0.05, 0) is 12.1 Å². The lowest BCUT2D eigenvalue weighted by Gasteiger charge is -1.96. The largest absolute Gasteiger partial charge is 0.325 e. The first-order valence-corrected chi connectivity index (χ1v) is 3.50. The van der Waals surface area contributed by atoms with Gasteiger partial charge in [-0.15, -0.1) is 0 Å². The van der Waals surface area contributed by atoms with Crippen molar-refractivity contribution in [2.24, 2.45) is 5.73 Å². The molecule has 0 amide bonds. The number of halogens is 2. The average Bonchev–Trinajstić information content (AvgIpc) is 1.95. The first-order valence-electron chi connectivity index (χ1n) is 2.75. The SMILES string of the molecule is NCc1ccc(Cl)c(Cl)n1. The molecule has 1 aromatic heterocycles. The molecule has 0 aliphatic rings. The number of pyridine rings is 1. The number of hydrogen-bond donors (Lipinski definition) is 1. The van der Waals surface area contributed by atoms with E-state index < -0.39 is 0 Å². The van der Waals surface area contributed by atoms with Gasteiger partial charge >= 0.3 is 0 Å². The van der Waals surface area contributed by atoms with Crippen LogP contribution in [0.4, 0.5) is 0 Å². The van der Waals surface area contributed by atoms with Crippen LogP contribution < -0.4 is 5.73 Å². The molecule has 0 aliphatic carbocycles. The molecule has 0 unspecified atom stereocenters. The summed E-state index contributed by atoms with van der Waals surface area (Å²) in [6, 6.07) is 3.42. The van der Waals surface area contributed by atoms with Crippen LogP contribution in [0.3, 0.4) is 0 Å². The zero-order valence-electron chi connectivity index (χ0n) is 5.14. The van der Waals surface area contributed by atoms with Crippen LogP contribution in [0.15, 0.2) is 12.1 Å². The number of nitrogens with zero attached hydrogens (tertiary/aromatic N) is 1. The van der Waals surface area contributed by atoms with Crippen molar-refractivity contribution in [2.45, 2.75) is 6.54 Å². The molecular formula is C6H6Cl2N2. The minimum atomic E-state index is 0.310. The van der Waals surface area contributed by atoms with Gasteiger partial charge in [-0.25, -0.2) is 4.98 Å². The van der Waals surface area contributed by atoms with Crippen molar-refractivity contribution in [1.29, 1.82) is 0 Å². The Kier molecular flexibility index (Phi) is 2.49. The third kappa shape index (κ3) is 1.59. The maximum absolute atomic E-state index is 5.60. The van der Waals surface area contributed by atoms with Crippen LogP contribution in [-0.2, 0) is 6.54 Å². The summed E-state index contributed by atoms with van der Waals surface area (Å²) in [5, 5.41) is 0.767. The van der Waals surface area contributed by atoms with E-state index in [2.05, 4.69) is 4.98 Å². The maximum atomic E-state index is 5.60. The van der Waals surface area contributed by atoms with Crippen LogP contribution >= 0.6 is 23.2 Å². The summed E-state index contributed by atoms with van der Waals surface area (Å²) in [6.07, 6.45) is 0. The summed E-state index contributed by atoms with van der Waals surface area (Å²) in [5.74, 6) is 0. The molecule has 1 heterocycles. The highest BCUT2D eigenvalue weighted by atomic mass is 35.5. The first kappa shape index (κ1) is 7.79. The van der Waals surface area contributed by atoms with Crippen molar-refractivity contribution >= 4 is 23.2 Å². The van der Waals surface area contributed by atoms with Crippen molar-refractivity contribution in [3.63, 3.8) is 0 Å². The van der Waals surface area contributed by atoms with Crippen LogP contribution in [0.2, 0.25) is 10.2 Å². The van der Waals surface area contributed by atoms with E-state index in [-0.39, 0.29) is 0 Å². The molecule has 4 heteroatoms. The second-order valence-corrected chi connectivity index (χ2v) is 2.54. The van der Waals surface area contributed by atoms with Gasteiger partial charge in [-0.2, -0.15) is 0 Å². The molecule has 0 saturated carbocycles. The minimum absolute atomic E-state index is 0.310. The summed E-state index contributed by atoms with van der Waals surface area (Å²) in [5.41, 5.74) is 6.05.